The van der Waals surface area contributed by atoms with E-state index in [0.29, 0.717) is 12.0 Å². The molecule has 0 amide bonds. The highest BCUT2D eigenvalue weighted by Crippen LogP contribution is 2.61. The summed E-state index contributed by atoms with van der Waals surface area (Å²) in [7, 11) is 0. The first-order chi connectivity index (χ1) is 6.53. The molecule has 2 aliphatic carbocycles. The van der Waals surface area contributed by atoms with Crippen LogP contribution in [0.5, 0.6) is 0 Å². The minimum Gasteiger partial charge on any atom is -0.396 e. The molecule has 0 aliphatic heterocycles. The molecule has 0 aromatic heterocycles. The third kappa shape index (κ3) is 1.25. The summed E-state index contributed by atoms with van der Waals surface area (Å²) in [5, 5.41) is 9.75. The van der Waals surface area contributed by atoms with Crippen LogP contribution in [-0.4, -0.2) is 11.7 Å². The Bertz CT molecular complexity index is 221. The standard InChI is InChI=1S/C13H24O/c1-10-5-6-11-12(2,3)7-4-8-13(10,11)9-14/h10-11,14H,4-9H2,1-3H3/t10-,11?,13-/m0/s1. The number of aliphatic hydroxyl groups is 1. The summed E-state index contributed by atoms with van der Waals surface area (Å²) in [6.07, 6.45) is 6.60. The first-order valence-corrected chi connectivity index (χ1v) is 6.14. The Morgan fingerprint density at radius 2 is 1.93 bits per heavy atom. The van der Waals surface area contributed by atoms with Gasteiger partial charge in [0.1, 0.15) is 0 Å². The fourth-order valence-electron chi connectivity index (χ4n) is 4.32. The van der Waals surface area contributed by atoms with Gasteiger partial charge in [0.2, 0.25) is 0 Å². The van der Waals surface area contributed by atoms with E-state index in [1.54, 1.807) is 0 Å². The largest absolute Gasteiger partial charge is 0.396 e. The van der Waals surface area contributed by atoms with Crippen molar-refractivity contribution in [2.45, 2.75) is 52.9 Å². The van der Waals surface area contributed by atoms with E-state index in [4.69, 9.17) is 0 Å². The van der Waals surface area contributed by atoms with Crippen molar-refractivity contribution in [1.29, 1.82) is 0 Å². The molecule has 82 valence electrons. The third-order valence-electron chi connectivity index (χ3n) is 5.26. The molecule has 0 radical (unpaired) electrons. The third-order valence-corrected chi connectivity index (χ3v) is 5.26. The van der Waals surface area contributed by atoms with Crippen LogP contribution < -0.4 is 0 Å². The molecule has 3 atom stereocenters. The first-order valence-electron chi connectivity index (χ1n) is 6.14. The molecule has 0 aromatic carbocycles. The van der Waals surface area contributed by atoms with Crippen molar-refractivity contribution in [3.8, 4) is 0 Å². The summed E-state index contributed by atoms with van der Waals surface area (Å²) in [4.78, 5) is 0. The van der Waals surface area contributed by atoms with Crippen LogP contribution >= 0.6 is 0 Å². The van der Waals surface area contributed by atoms with Crippen LogP contribution in [0.3, 0.4) is 0 Å². The lowest BCUT2D eigenvalue weighted by atomic mass is 9.55. The van der Waals surface area contributed by atoms with Gasteiger partial charge in [-0.1, -0.05) is 27.2 Å². The monoisotopic (exact) mass is 196 g/mol. The van der Waals surface area contributed by atoms with Gasteiger partial charge in [0.25, 0.3) is 0 Å². The Morgan fingerprint density at radius 1 is 1.21 bits per heavy atom. The average Bonchev–Trinajstić information content (AvgIpc) is 2.45. The average molecular weight is 196 g/mol. The Morgan fingerprint density at radius 3 is 2.50 bits per heavy atom. The van der Waals surface area contributed by atoms with Gasteiger partial charge in [0.15, 0.2) is 0 Å². The zero-order chi connectivity index (χ0) is 10.4. The molecule has 0 bridgehead atoms. The van der Waals surface area contributed by atoms with Crippen LogP contribution in [0, 0.1) is 22.7 Å². The van der Waals surface area contributed by atoms with Crippen LogP contribution in [0.15, 0.2) is 0 Å². The Hall–Kier alpha value is -0.0400. The van der Waals surface area contributed by atoms with Crippen molar-refractivity contribution >= 4 is 0 Å². The molecule has 1 heteroatoms. The van der Waals surface area contributed by atoms with Gasteiger partial charge in [-0.05, 0) is 48.3 Å². The van der Waals surface area contributed by atoms with E-state index in [-0.39, 0.29) is 5.41 Å². The molecule has 1 unspecified atom stereocenters. The van der Waals surface area contributed by atoms with Crippen LogP contribution in [0.4, 0.5) is 0 Å². The van der Waals surface area contributed by atoms with Crippen LogP contribution in [0.2, 0.25) is 0 Å². The van der Waals surface area contributed by atoms with Crippen molar-refractivity contribution in [3.63, 3.8) is 0 Å². The zero-order valence-electron chi connectivity index (χ0n) is 9.84. The van der Waals surface area contributed by atoms with E-state index in [1.807, 2.05) is 0 Å². The summed E-state index contributed by atoms with van der Waals surface area (Å²) in [5.74, 6) is 1.50. The van der Waals surface area contributed by atoms with Gasteiger partial charge in [-0.25, -0.2) is 0 Å². The Balaban J connectivity index is 2.31. The molecule has 14 heavy (non-hydrogen) atoms. The maximum Gasteiger partial charge on any atom is 0.0492 e. The number of aliphatic hydroxyl groups excluding tert-OH is 1. The predicted octanol–water partition coefficient (Wildman–Crippen LogP) is 3.22. The van der Waals surface area contributed by atoms with E-state index < -0.39 is 0 Å². The second-order valence-electron chi connectivity index (χ2n) is 6.26. The Labute approximate surface area is 87.9 Å². The second-order valence-corrected chi connectivity index (χ2v) is 6.26. The fraction of sp³-hybridized carbons (Fsp3) is 1.00. The quantitative estimate of drug-likeness (QED) is 0.682. The van der Waals surface area contributed by atoms with Crippen LogP contribution in [0.25, 0.3) is 0 Å². The maximum atomic E-state index is 9.75. The fourth-order valence-corrected chi connectivity index (χ4v) is 4.32. The van der Waals surface area contributed by atoms with Crippen LogP contribution in [-0.2, 0) is 0 Å². The topological polar surface area (TPSA) is 20.2 Å². The molecule has 2 aliphatic rings. The highest BCUT2D eigenvalue weighted by atomic mass is 16.3. The SMILES string of the molecule is C[C@H]1CCC2C(C)(C)CCC[C@@]21CO. The van der Waals surface area contributed by atoms with E-state index in [0.717, 1.165) is 11.8 Å². The van der Waals surface area contributed by atoms with Gasteiger partial charge in [0, 0.05) is 6.61 Å². The lowest BCUT2D eigenvalue weighted by Gasteiger charge is -2.50. The van der Waals surface area contributed by atoms with Gasteiger partial charge in [-0.15, -0.1) is 0 Å². The number of hydrogen-bond acceptors (Lipinski definition) is 1. The maximum absolute atomic E-state index is 9.75. The molecular formula is C13H24O. The van der Waals surface area contributed by atoms with Crippen molar-refractivity contribution in [3.05, 3.63) is 0 Å². The molecule has 1 nitrogen and oxygen atoms in total. The van der Waals surface area contributed by atoms with Crippen molar-refractivity contribution in [1.82, 2.24) is 0 Å². The summed E-state index contributed by atoms with van der Waals surface area (Å²) in [5.41, 5.74) is 0.744. The smallest absolute Gasteiger partial charge is 0.0492 e. The van der Waals surface area contributed by atoms with E-state index in [2.05, 4.69) is 20.8 Å². The number of hydrogen-bond donors (Lipinski definition) is 1. The highest BCUT2D eigenvalue weighted by Gasteiger charge is 2.54. The van der Waals surface area contributed by atoms with Gasteiger partial charge in [-0.2, -0.15) is 0 Å². The minimum absolute atomic E-state index is 0.280. The molecule has 0 heterocycles. The molecule has 0 spiro atoms. The summed E-state index contributed by atoms with van der Waals surface area (Å²) in [6.45, 7) is 7.57. The summed E-state index contributed by atoms with van der Waals surface area (Å²) < 4.78 is 0. The van der Waals surface area contributed by atoms with E-state index in [1.165, 1.54) is 32.1 Å². The molecule has 1 N–H and O–H groups in total. The first kappa shape index (κ1) is 10.5. The van der Waals surface area contributed by atoms with Gasteiger partial charge < -0.3 is 5.11 Å². The van der Waals surface area contributed by atoms with Crippen LogP contribution in [0.1, 0.15) is 52.9 Å². The lowest BCUT2D eigenvalue weighted by Crippen LogP contribution is -2.45. The number of rotatable bonds is 1. The summed E-state index contributed by atoms with van der Waals surface area (Å²) in [6, 6.07) is 0. The minimum atomic E-state index is 0.280. The normalized spacial score (nSPS) is 46.3. The molecule has 2 fully saturated rings. The van der Waals surface area contributed by atoms with Gasteiger partial charge in [0.05, 0.1) is 0 Å². The van der Waals surface area contributed by atoms with Gasteiger partial charge in [-0.3, -0.25) is 0 Å². The van der Waals surface area contributed by atoms with E-state index in [9.17, 15) is 5.11 Å². The Kier molecular flexibility index (Phi) is 2.42. The zero-order valence-corrected chi connectivity index (χ0v) is 9.84. The molecule has 0 aromatic rings. The van der Waals surface area contributed by atoms with Crippen molar-refractivity contribution < 1.29 is 5.11 Å². The highest BCUT2D eigenvalue weighted by molar-refractivity contribution is 5.03. The van der Waals surface area contributed by atoms with E-state index >= 15 is 0 Å². The molecule has 2 saturated carbocycles. The molecule has 0 saturated heterocycles. The second kappa shape index (κ2) is 3.23. The van der Waals surface area contributed by atoms with Crippen molar-refractivity contribution in [2.24, 2.45) is 22.7 Å². The molecular weight excluding hydrogens is 172 g/mol. The predicted molar refractivity (Wildman–Crippen MR) is 59.0 cm³/mol. The van der Waals surface area contributed by atoms with Crippen molar-refractivity contribution in [2.75, 3.05) is 6.61 Å². The van der Waals surface area contributed by atoms with Gasteiger partial charge >= 0.3 is 0 Å². The summed E-state index contributed by atoms with van der Waals surface area (Å²) >= 11 is 0. The number of fused-ring (bicyclic) bond motifs is 1. The lowest BCUT2D eigenvalue weighted by molar-refractivity contribution is -0.0482. The molecule has 2 rings (SSSR count).